The van der Waals surface area contributed by atoms with Crippen LogP contribution in [-0.4, -0.2) is 58.1 Å². The number of thiazole rings is 1. The summed E-state index contributed by atoms with van der Waals surface area (Å²) in [5, 5.41) is 35.9. The third kappa shape index (κ3) is 3.38. The number of aliphatic hydroxyl groups is 3. The highest BCUT2D eigenvalue weighted by molar-refractivity contribution is 7.19. The summed E-state index contributed by atoms with van der Waals surface area (Å²) in [6, 6.07) is 6.98. The molecule has 9 heteroatoms. The minimum atomic E-state index is -1.07. The van der Waals surface area contributed by atoms with E-state index >= 15 is 0 Å². The molecule has 140 valence electrons. The van der Waals surface area contributed by atoms with Crippen LogP contribution in [0.3, 0.4) is 0 Å². The molecule has 0 radical (unpaired) electrons. The number of nitrogens with two attached hydrogens (primary N) is 1. The molecule has 1 aromatic heterocycles. The quantitative estimate of drug-likeness (QED) is 0.367. The lowest BCUT2D eigenvalue weighted by Crippen LogP contribution is -2.43. The summed E-state index contributed by atoms with van der Waals surface area (Å²) >= 11 is 1.34. The number of hydrogen-bond acceptors (Lipinski definition) is 8. The van der Waals surface area contributed by atoms with E-state index in [4.69, 9.17) is 5.73 Å². The third-order valence-electron chi connectivity index (χ3n) is 4.62. The second kappa shape index (κ2) is 7.58. The molecule has 26 heavy (non-hydrogen) atoms. The van der Waals surface area contributed by atoms with E-state index in [0.717, 1.165) is 10.2 Å². The highest BCUT2D eigenvalue weighted by atomic mass is 32.1. The standard InChI is InChI=1S/C17H22N4O4S/c1-19-16(20-10-6-8(7-22)13(23)14(10)24)12(15(18)25)17-21-9-4-2-3-5-11(9)26-17/h2-5,8,10,13-14,19-20,22-24H,6-7H2,1H3,(H2,18,25)/b16-12-/t8-,10?,13-,14+/m1/s1. The van der Waals surface area contributed by atoms with Crippen molar-refractivity contribution < 1.29 is 20.1 Å². The molecule has 0 saturated heterocycles. The predicted octanol–water partition coefficient (Wildman–Crippen LogP) is -0.638. The van der Waals surface area contributed by atoms with Crippen molar-refractivity contribution in [3.05, 3.63) is 35.1 Å². The number of nitrogens with zero attached hydrogens (tertiary/aromatic N) is 1. The Hall–Kier alpha value is -2.20. The zero-order valence-corrected chi connectivity index (χ0v) is 15.0. The van der Waals surface area contributed by atoms with Gasteiger partial charge in [-0.05, 0) is 18.6 Å². The van der Waals surface area contributed by atoms with Gasteiger partial charge in [-0.25, -0.2) is 4.98 Å². The van der Waals surface area contributed by atoms with E-state index in [9.17, 15) is 20.1 Å². The predicted molar refractivity (Wildman–Crippen MR) is 98.9 cm³/mol. The van der Waals surface area contributed by atoms with Crippen LogP contribution < -0.4 is 16.4 Å². The Balaban J connectivity index is 1.97. The van der Waals surface area contributed by atoms with Crippen LogP contribution in [0, 0.1) is 5.92 Å². The summed E-state index contributed by atoms with van der Waals surface area (Å²) in [6.07, 6.45) is -1.74. The fourth-order valence-electron chi connectivity index (χ4n) is 3.22. The Morgan fingerprint density at radius 1 is 1.35 bits per heavy atom. The number of carbonyl (C=O) groups excluding carboxylic acids is 1. The van der Waals surface area contributed by atoms with Crippen LogP contribution in [0.4, 0.5) is 0 Å². The number of aromatic nitrogens is 1. The van der Waals surface area contributed by atoms with Gasteiger partial charge in [-0.2, -0.15) is 0 Å². The maximum Gasteiger partial charge on any atom is 0.255 e. The summed E-state index contributed by atoms with van der Waals surface area (Å²) < 4.78 is 0.924. The summed E-state index contributed by atoms with van der Waals surface area (Å²) in [7, 11) is 1.62. The molecule has 0 aliphatic heterocycles. The van der Waals surface area contributed by atoms with E-state index in [0.29, 0.717) is 17.2 Å². The molecule has 0 bridgehead atoms. The molecule has 1 aliphatic carbocycles. The van der Waals surface area contributed by atoms with Crippen LogP contribution in [0.1, 0.15) is 11.4 Å². The summed E-state index contributed by atoms with van der Waals surface area (Å²) in [6.45, 7) is -0.227. The Labute approximate surface area is 154 Å². The van der Waals surface area contributed by atoms with Gasteiger partial charge < -0.3 is 31.7 Å². The molecule has 0 spiro atoms. The number of benzene rings is 1. The van der Waals surface area contributed by atoms with Crippen molar-refractivity contribution in [2.24, 2.45) is 11.7 Å². The van der Waals surface area contributed by atoms with Crippen molar-refractivity contribution in [3.63, 3.8) is 0 Å². The number of aliphatic hydroxyl groups excluding tert-OH is 3. The van der Waals surface area contributed by atoms with Crippen molar-refractivity contribution in [2.75, 3.05) is 13.7 Å². The molecule has 4 atom stereocenters. The number of amides is 1. The van der Waals surface area contributed by atoms with Crippen molar-refractivity contribution >= 4 is 33.0 Å². The van der Waals surface area contributed by atoms with Crippen molar-refractivity contribution in [1.82, 2.24) is 15.6 Å². The van der Waals surface area contributed by atoms with Gasteiger partial charge in [0, 0.05) is 19.6 Å². The number of carbonyl (C=O) groups is 1. The van der Waals surface area contributed by atoms with E-state index in [1.54, 1.807) is 7.05 Å². The van der Waals surface area contributed by atoms with Crippen LogP contribution in [0.25, 0.3) is 15.8 Å². The van der Waals surface area contributed by atoms with Gasteiger partial charge >= 0.3 is 0 Å². The topological polar surface area (TPSA) is 141 Å². The first-order valence-electron chi connectivity index (χ1n) is 8.27. The summed E-state index contributed by atoms with van der Waals surface area (Å²) in [5.74, 6) is -0.765. The Morgan fingerprint density at radius 3 is 2.65 bits per heavy atom. The van der Waals surface area contributed by atoms with Crippen molar-refractivity contribution in [3.8, 4) is 0 Å². The van der Waals surface area contributed by atoms with Gasteiger partial charge in [0.1, 0.15) is 22.5 Å². The maximum atomic E-state index is 12.1. The third-order valence-corrected chi connectivity index (χ3v) is 5.67. The zero-order valence-electron chi connectivity index (χ0n) is 14.2. The Bertz CT molecular complexity index is 804. The monoisotopic (exact) mass is 378 g/mol. The van der Waals surface area contributed by atoms with Crippen LogP contribution in [0.5, 0.6) is 0 Å². The molecule has 1 aromatic carbocycles. The molecule has 1 fully saturated rings. The van der Waals surface area contributed by atoms with E-state index < -0.39 is 30.1 Å². The lowest BCUT2D eigenvalue weighted by Gasteiger charge is -2.22. The molecule has 3 rings (SSSR count). The summed E-state index contributed by atoms with van der Waals surface area (Å²) in [5.41, 5.74) is 6.54. The molecule has 1 aliphatic rings. The van der Waals surface area contributed by atoms with E-state index in [1.165, 1.54) is 11.3 Å². The van der Waals surface area contributed by atoms with Gasteiger partial charge in [0.2, 0.25) is 0 Å². The van der Waals surface area contributed by atoms with Gasteiger partial charge in [-0.3, -0.25) is 4.79 Å². The molecule has 1 saturated carbocycles. The molecule has 1 amide bonds. The molecular formula is C17H22N4O4S. The number of hydrogen-bond donors (Lipinski definition) is 6. The van der Waals surface area contributed by atoms with Crippen LogP contribution >= 0.6 is 11.3 Å². The largest absolute Gasteiger partial charge is 0.396 e. The second-order valence-corrected chi connectivity index (χ2v) is 7.29. The Kier molecular flexibility index (Phi) is 5.42. The fourth-order valence-corrected chi connectivity index (χ4v) is 4.24. The number of nitrogens with one attached hydrogen (secondary N) is 2. The fraction of sp³-hybridized carbons (Fsp3) is 0.412. The maximum absolute atomic E-state index is 12.1. The van der Waals surface area contributed by atoms with Crippen molar-refractivity contribution in [2.45, 2.75) is 24.7 Å². The lowest BCUT2D eigenvalue weighted by molar-refractivity contribution is -0.112. The van der Waals surface area contributed by atoms with Gasteiger partial charge in [-0.15, -0.1) is 11.3 Å². The molecule has 8 nitrogen and oxygen atoms in total. The number of rotatable bonds is 6. The first kappa shape index (κ1) is 18.6. The van der Waals surface area contributed by atoms with Gasteiger partial charge in [0.25, 0.3) is 5.91 Å². The van der Waals surface area contributed by atoms with Crippen LogP contribution in [0.2, 0.25) is 0 Å². The highest BCUT2D eigenvalue weighted by Gasteiger charge is 2.41. The smallest absolute Gasteiger partial charge is 0.255 e. The van der Waals surface area contributed by atoms with Crippen molar-refractivity contribution in [1.29, 1.82) is 0 Å². The molecule has 2 aromatic rings. The minimum absolute atomic E-state index is 0.183. The first-order chi connectivity index (χ1) is 12.5. The minimum Gasteiger partial charge on any atom is -0.396 e. The zero-order chi connectivity index (χ0) is 18.8. The molecule has 7 N–H and O–H groups in total. The van der Waals surface area contributed by atoms with E-state index in [-0.39, 0.29) is 12.2 Å². The summed E-state index contributed by atoms with van der Waals surface area (Å²) in [4.78, 5) is 16.6. The Morgan fingerprint density at radius 2 is 2.08 bits per heavy atom. The number of fused-ring (bicyclic) bond motifs is 1. The van der Waals surface area contributed by atoms with Gasteiger partial charge in [-0.1, -0.05) is 12.1 Å². The van der Waals surface area contributed by atoms with Crippen LogP contribution in [0.15, 0.2) is 30.1 Å². The molecule has 1 heterocycles. The second-order valence-electron chi connectivity index (χ2n) is 6.26. The van der Waals surface area contributed by atoms with E-state index in [2.05, 4.69) is 15.6 Å². The first-order valence-corrected chi connectivity index (χ1v) is 9.09. The van der Waals surface area contributed by atoms with E-state index in [1.807, 2.05) is 24.3 Å². The highest BCUT2D eigenvalue weighted by Crippen LogP contribution is 2.30. The molecule has 1 unspecified atom stereocenters. The average molecular weight is 378 g/mol. The van der Waals surface area contributed by atoms with Gasteiger partial charge in [0.05, 0.1) is 22.4 Å². The number of para-hydroxylation sites is 1. The SMILES string of the molecule is CN/C(NC1C[C@H](CO)[C@@H](O)[C@H]1O)=C(\C(N)=O)c1nc2ccccc2s1. The van der Waals surface area contributed by atoms with Gasteiger partial charge in [0.15, 0.2) is 0 Å². The molecular weight excluding hydrogens is 356 g/mol. The lowest BCUT2D eigenvalue weighted by atomic mass is 10.1. The van der Waals surface area contributed by atoms with Crippen LogP contribution in [-0.2, 0) is 4.79 Å². The average Bonchev–Trinajstić information content (AvgIpc) is 3.16. The number of primary amides is 1. The normalized spacial score (nSPS) is 26.6.